The lowest BCUT2D eigenvalue weighted by atomic mass is 9.95. The van der Waals surface area contributed by atoms with E-state index in [0.29, 0.717) is 0 Å². The van der Waals surface area contributed by atoms with E-state index in [4.69, 9.17) is 0 Å². The Kier molecular flexibility index (Phi) is 4.34. The molecule has 0 saturated carbocycles. The lowest BCUT2D eigenvalue weighted by molar-refractivity contribution is -0.133. The summed E-state index contributed by atoms with van der Waals surface area (Å²) >= 11 is 3.54. The fourth-order valence-corrected chi connectivity index (χ4v) is 3.47. The van der Waals surface area contributed by atoms with E-state index in [1.807, 2.05) is 32.4 Å². The number of rotatable bonds is 2. The number of carbonyl (C=O) groups excluding carboxylic acids is 1. The third kappa shape index (κ3) is 2.95. The van der Waals surface area contributed by atoms with Gasteiger partial charge in [0.25, 0.3) is 0 Å². The number of aromatic nitrogens is 1. The summed E-state index contributed by atoms with van der Waals surface area (Å²) < 4.78 is 1.06. The van der Waals surface area contributed by atoms with Gasteiger partial charge in [-0.25, -0.2) is 0 Å². The van der Waals surface area contributed by atoms with Crippen LogP contribution in [0.15, 0.2) is 34.9 Å². The largest absolute Gasteiger partial charge is 0.371 e. The smallest absolute Gasteiger partial charge is 0.225 e. The summed E-state index contributed by atoms with van der Waals surface area (Å²) in [5.41, 5.74) is 2.22. The molecule has 5 heteroatoms. The summed E-state index contributed by atoms with van der Waals surface area (Å²) in [7, 11) is 3.67. The fourth-order valence-electron chi connectivity index (χ4n) is 3.11. The highest BCUT2D eigenvalue weighted by Crippen LogP contribution is 2.31. The number of anilines is 1. The molecule has 116 valence electrons. The van der Waals surface area contributed by atoms with Crippen LogP contribution in [0.3, 0.4) is 0 Å². The van der Waals surface area contributed by atoms with Gasteiger partial charge < -0.3 is 9.80 Å². The zero-order valence-electron chi connectivity index (χ0n) is 12.9. The maximum atomic E-state index is 12.1. The van der Waals surface area contributed by atoms with Gasteiger partial charge in [0.05, 0.1) is 5.52 Å². The monoisotopic (exact) mass is 361 g/mol. The summed E-state index contributed by atoms with van der Waals surface area (Å²) in [6, 6.07) is 8.24. The lowest BCUT2D eigenvalue weighted by Crippen LogP contribution is -2.40. The molecule has 0 aliphatic carbocycles. The molecule has 2 heterocycles. The van der Waals surface area contributed by atoms with Crippen molar-refractivity contribution in [1.29, 1.82) is 0 Å². The van der Waals surface area contributed by atoms with E-state index in [-0.39, 0.29) is 11.8 Å². The van der Waals surface area contributed by atoms with Crippen molar-refractivity contribution < 1.29 is 4.79 Å². The van der Waals surface area contributed by atoms with Crippen molar-refractivity contribution in [3.63, 3.8) is 0 Å². The van der Waals surface area contributed by atoms with Gasteiger partial charge in [0.15, 0.2) is 0 Å². The average Bonchev–Trinajstić information content (AvgIpc) is 2.53. The summed E-state index contributed by atoms with van der Waals surface area (Å²) in [5.74, 6) is 0.410. The second-order valence-electron chi connectivity index (χ2n) is 5.99. The third-order valence-electron chi connectivity index (χ3n) is 4.31. The van der Waals surface area contributed by atoms with Crippen molar-refractivity contribution in [1.82, 2.24) is 9.88 Å². The van der Waals surface area contributed by atoms with Crippen molar-refractivity contribution in [3.8, 4) is 0 Å². The molecule has 1 saturated heterocycles. The fraction of sp³-hybridized carbons (Fsp3) is 0.412. The Bertz CT molecular complexity index is 693. The van der Waals surface area contributed by atoms with Gasteiger partial charge in [-0.2, -0.15) is 0 Å². The van der Waals surface area contributed by atoms with Crippen LogP contribution in [0.5, 0.6) is 0 Å². The normalized spacial score (nSPS) is 16.0. The summed E-state index contributed by atoms with van der Waals surface area (Å²) in [6.45, 7) is 1.83. The number of amides is 1. The van der Waals surface area contributed by atoms with E-state index in [9.17, 15) is 4.79 Å². The first-order valence-corrected chi connectivity index (χ1v) is 8.36. The van der Waals surface area contributed by atoms with Crippen LogP contribution >= 0.6 is 15.9 Å². The number of benzene rings is 1. The first-order valence-electron chi connectivity index (χ1n) is 7.56. The molecule has 1 amide bonds. The highest BCUT2D eigenvalue weighted by atomic mass is 79.9. The van der Waals surface area contributed by atoms with Crippen molar-refractivity contribution >= 4 is 38.4 Å². The Morgan fingerprint density at radius 2 is 2.00 bits per heavy atom. The minimum absolute atomic E-state index is 0.158. The van der Waals surface area contributed by atoms with Gasteiger partial charge in [0.2, 0.25) is 5.91 Å². The Balaban J connectivity index is 1.82. The first-order chi connectivity index (χ1) is 10.6. The van der Waals surface area contributed by atoms with E-state index < -0.39 is 0 Å². The molecule has 1 fully saturated rings. The molecule has 0 unspecified atom stereocenters. The van der Waals surface area contributed by atoms with Crippen LogP contribution in [0.4, 0.5) is 5.69 Å². The SMILES string of the molecule is CN(C)C(=O)C1CCN(c2ccnc3ccc(Br)cc23)CC1. The number of carbonyl (C=O) groups is 1. The van der Waals surface area contributed by atoms with Crippen molar-refractivity contribution in [3.05, 3.63) is 34.9 Å². The highest BCUT2D eigenvalue weighted by Gasteiger charge is 2.26. The standard InChI is InChI=1S/C17H20BrN3O/c1-20(2)17(22)12-6-9-21(10-7-12)16-5-8-19-15-4-3-13(18)11-14(15)16/h3-5,8,11-12H,6-7,9-10H2,1-2H3. The number of nitrogens with zero attached hydrogens (tertiary/aromatic N) is 3. The summed E-state index contributed by atoms with van der Waals surface area (Å²) in [6.07, 6.45) is 3.69. The maximum Gasteiger partial charge on any atom is 0.225 e. The molecule has 3 rings (SSSR count). The van der Waals surface area contributed by atoms with Crippen molar-refractivity contribution in [2.75, 3.05) is 32.1 Å². The molecular weight excluding hydrogens is 342 g/mol. The third-order valence-corrected chi connectivity index (χ3v) is 4.80. The second kappa shape index (κ2) is 6.24. The zero-order chi connectivity index (χ0) is 15.7. The van der Waals surface area contributed by atoms with Gasteiger partial charge in [-0.1, -0.05) is 15.9 Å². The average molecular weight is 362 g/mol. The van der Waals surface area contributed by atoms with E-state index in [1.54, 1.807) is 4.90 Å². The number of hydrogen-bond acceptors (Lipinski definition) is 3. The van der Waals surface area contributed by atoms with Crippen LogP contribution in [-0.2, 0) is 4.79 Å². The summed E-state index contributed by atoms with van der Waals surface area (Å²) in [4.78, 5) is 20.6. The number of piperidine rings is 1. The lowest BCUT2D eigenvalue weighted by Gasteiger charge is -2.34. The minimum Gasteiger partial charge on any atom is -0.371 e. The van der Waals surface area contributed by atoms with E-state index in [0.717, 1.165) is 41.3 Å². The molecule has 0 atom stereocenters. The van der Waals surface area contributed by atoms with Gasteiger partial charge in [-0.05, 0) is 37.1 Å². The number of halogens is 1. The van der Waals surface area contributed by atoms with Gasteiger partial charge in [0.1, 0.15) is 0 Å². The van der Waals surface area contributed by atoms with Crippen LogP contribution in [0.25, 0.3) is 10.9 Å². The minimum atomic E-state index is 0.158. The molecule has 0 bridgehead atoms. The Hall–Kier alpha value is -1.62. The number of fused-ring (bicyclic) bond motifs is 1. The Labute approximate surface area is 139 Å². The zero-order valence-corrected chi connectivity index (χ0v) is 14.5. The number of hydrogen-bond donors (Lipinski definition) is 0. The predicted molar refractivity (Wildman–Crippen MR) is 93.1 cm³/mol. The van der Waals surface area contributed by atoms with Crippen LogP contribution < -0.4 is 4.90 Å². The van der Waals surface area contributed by atoms with Gasteiger partial charge in [0, 0.05) is 54.8 Å². The highest BCUT2D eigenvalue weighted by molar-refractivity contribution is 9.10. The van der Waals surface area contributed by atoms with Crippen LogP contribution in [0.1, 0.15) is 12.8 Å². The van der Waals surface area contributed by atoms with Crippen LogP contribution in [0.2, 0.25) is 0 Å². The topological polar surface area (TPSA) is 36.4 Å². The van der Waals surface area contributed by atoms with Gasteiger partial charge in [-0.15, -0.1) is 0 Å². The molecule has 1 aromatic carbocycles. The predicted octanol–water partition coefficient (Wildman–Crippen LogP) is 3.30. The molecule has 1 aliphatic heterocycles. The van der Waals surface area contributed by atoms with E-state index in [1.165, 1.54) is 5.69 Å². The molecule has 0 spiro atoms. The van der Waals surface area contributed by atoms with Crippen LogP contribution in [-0.4, -0.2) is 43.0 Å². The molecule has 4 nitrogen and oxygen atoms in total. The van der Waals surface area contributed by atoms with Gasteiger partial charge in [-0.3, -0.25) is 9.78 Å². The molecule has 0 N–H and O–H groups in total. The number of pyridine rings is 1. The molecule has 2 aromatic rings. The van der Waals surface area contributed by atoms with E-state index >= 15 is 0 Å². The van der Waals surface area contributed by atoms with Crippen molar-refractivity contribution in [2.45, 2.75) is 12.8 Å². The van der Waals surface area contributed by atoms with Crippen molar-refractivity contribution in [2.24, 2.45) is 5.92 Å². The molecule has 0 radical (unpaired) electrons. The molecular formula is C17H20BrN3O. The first kappa shape index (κ1) is 15.3. The van der Waals surface area contributed by atoms with Crippen LogP contribution in [0, 0.1) is 5.92 Å². The Morgan fingerprint density at radius 1 is 1.27 bits per heavy atom. The Morgan fingerprint density at radius 3 is 2.68 bits per heavy atom. The molecule has 1 aromatic heterocycles. The summed E-state index contributed by atoms with van der Waals surface area (Å²) in [5, 5.41) is 1.16. The van der Waals surface area contributed by atoms with E-state index in [2.05, 4.69) is 37.9 Å². The molecule has 22 heavy (non-hydrogen) atoms. The molecule has 1 aliphatic rings. The second-order valence-corrected chi connectivity index (χ2v) is 6.90. The maximum absolute atomic E-state index is 12.1. The quantitative estimate of drug-likeness (QED) is 0.823. The van der Waals surface area contributed by atoms with Gasteiger partial charge >= 0.3 is 0 Å².